The molecular formula is C54H42N3O6P3. The number of hydrogen-bond acceptors (Lipinski definition) is 9. The Kier molecular flexibility index (Phi) is 12.4. The molecule has 1 aliphatic rings. The number of benzene rings is 9. The molecule has 9 aromatic carbocycles. The zero-order valence-electron chi connectivity index (χ0n) is 35.4. The largest absolute Gasteiger partial charge is 0.460 e. The predicted octanol–water partition coefficient (Wildman–Crippen LogP) is 17.3. The fourth-order valence-electron chi connectivity index (χ4n) is 7.04. The van der Waals surface area contributed by atoms with Gasteiger partial charge in [0.1, 0.15) is 34.5 Å². The Morgan fingerprint density at radius 3 is 0.561 bits per heavy atom. The van der Waals surface area contributed by atoms with E-state index in [9.17, 15) is 0 Å². The van der Waals surface area contributed by atoms with Gasteiger partial charge in [-0.2, -0.15) is 0 Å². The normalized spacial score (nSPS) is 18.5. The Morgan fingerprint density at radius 2 is 0.348 bits per heavy atom. The van der Waals surface area contributed by atoms with Gasteiger partial charge in [0.05, 0.1) is 0 Å². The lowest BCUT2D eigenvalue weighted by molar-refractivity contribution is 0.443. The zero-order chi connectivity index (χ0) is 44.5. The molecule has 1 heterocycles. The summed E-state index contributed by atoms with van der Waals surface area (Å²) in [5.41, 5.74) is 6.17. The van der Waals surface area contributed by atoms with Crippen LogP contribution in [-0.4, -0.2) is 0 Å². The highest BCUT2D eigenvalue weighted by atomic mass is 31.3. The van der Waals surface area contributed by atoms with E-state index in [4.69, 9.17) is 40.7 Å². The Morgan fingerprint density at radius 1 is 0.182 bits per heavy atom. The fourth-order valence-corrected chi connectivity index (χ4v) is 16.1. The maximum atomic E-state index is 7.08. The molecule has 0 aliphatic carbocycles. The van der Waals surface area contributed by atoms with Crippen molar-refractivity contribution in [3.63, 3.8) is 0 Å². The smallest absolute Gasteiger partial charge is 0.413 e. The Bertz CT molecular complexity index is 2820. The number of rotatable bonds is 15. The van der Waals surface area contributed by atoms with E-state index in [2.05, 4.69) is 36.4 Å². The first kappa shape index (κ1) is 42.4. The van der Waals surface area contributed by atoms with Gasteiger partial charge in [-0.25, -0.2) is 0 Å². The summed E-state index contributed by atoms with van der Waals surface area (Å²) in [5, 5.41) is 0. The van der Waals surface area contributed by atoms with E-state index in [0.717, 1.165) is 33.4 Å². The molecular weight excluding hydrogens is 880 g/mol. The molecule has 66 heavy (non-hydrogen) atoms. The Labute approximate surface area is 384 Å². The molecule has 1 aliphatic heterocycles. The van der Waals surface area contributed by atoms with Crippen LogP contribution in [0.2, 0.25) is 0 Å². The topological polar surface area (TPSA) is 92.5 Å². The Balaban J connectivity index is 1.21. The van der Waals surface area contributed by atoms with E-state index >= 15 is 0 Å². The van der Waals surface area contributed by atoms with E-state index in [1.165, 1.54) is 0 Å². The summed E-state index contributed by atoms with van der Waals surface area (Å²) in [6.45, 7) is 0. The molecule has 0 atom stereocenters. The van der Waals surface area contributed by atoms with Gasteiger partial charge in [-0.15, -0.1) is 0 Å². The van der Waals surface area contributed by atoms with Crippen molar-refractivity contribution >= 4 is 23.0 Å². The second-order valence-electron chi connectivity index (χ2n) is 14.9. The van der Waals surface area contributed by atoms with Gasteiger partial charge in [0.15, 0.2) is 0 Å². The van der Waals surface area contributed by atoms with E-state index in [0.29, 0.717) is 34.5 Å². The van der Waals surface area contributed by atoms with Crippen molar-refractivity contribution < 1.29 is 27.1 Å². The average molecular weight is 922 g/mol. The number of para-hydroxylation sites is 3. The van der Waals surface area contributed by atoms with Crippen molar-refractivity contribution in [1.29, 1.82) is 0 Å². The molecule has 0 spiro atoms. The molecule has 0 radical (unpaired) electrons. The molecule has 9 nitrogen and oxygen atoms in total. The van der Waals surface area contributed by atoms with Crippen LogP contribution in [0.5, 0.6) is 34.5 Å². The Hall–Kier alpha value is -7.53. The quantitative estimate of drug-likeness (QED) is 0.0951. The molecule has 9 aromatic rings. The van der Waals surface area contributed by atoms with Crippen LogP contribution in [0.1, 0.15) is 0 Å². The second-order valence-corrected chi connectivity index (χ2v) is 21.1. The highest BCUT2D eigenvalue weighted by Crippen LogP contribution is 2.78. The third-order valence-electron chi connectivity index (χ3n) is 10.1. The van der Waals surface area contributed by atoms with Gasteiger partial charge in [0, 0.05) is 0 Å². The molecule has 0 aromatic heterocycles. The first-order valence-electron chi connectivity index (χ1n) is 21.2. The van der Waals surface area contributed by atoms with Crippen molar-refractivity contribution in [2.75, 3.05) is 0 Å². The summed E-state index contributed by atoms with van der Waals surface area (Å²) in [7, 11) is -12.2. The van der Waals surface area contributed by atoms with Crippen molar-refractivity contribution in [2.24, 2.45) is 13.5 Å². The van der Waals surface area contributed by atoms with Crippen molar-refractivity contribution in [1.82, 2.24) is 0 Å². The predicted molar refractivity (Wildman–Crippen MR) is 267 cm³/mol. The maximum Gasteiger partial charge on any atom is 0.460 e. The fraction of sp³-hybridized carbons (Fsp3) is 0. The molecule has 0 fully saturated rings. The summed E-state index contributed by atoms with van der Waals surface area (Å²) in [6.07, 6.45) is 0. The van der Waals surface area contributed by atoms with E-state index in [1.54, 1.807) is 0 Å². The molecule has 12 heteroatoms. The third kappa shape index (κ3) is 10.2. The van der Waals surface area contributed by atoms with Crippen LogP contribution in [0.25, 0.3) is 33.4 Å². The van der Waals surface area contributed by atoms with Gasteiger partial charge >= 0.3 is 23.0 Å². The SMILES string of the molecule is c1ccc(OP2(Oc3ccc(-c4ccccc4)cc3)=NP(Oc3ccccc3)(Oc3ccc(-c4ccccc4)cc3)=NP(Oc3ccccc3)(Oc3ccc(-c4ccccc4)cc3)=N2)cc1. The standard InChI is InChI=1S/C54H42N3O6P3/c1-7-19-43(20-8-1)46-31-37-52(38-32-46)61-64(58-49-25-13-4-14-26-49)55-65(59-50-27-15-5-16-28-50,62-53-39-33-47(34-40-53)44-21-9-2-10-22-44)57-66(56-64,60-51-29-17-6-18-30-51)63-54-41-35-48(36-42-54)45-23-11-3-12-24-45/h1-42H. The summed E-state index contributed by atoms with van der Waals surface area (Å²) < 4.78 is 58.4. The van der Waals surface area contributed by atoms with E-state index < -0.39 is 23.0 Å². The zero-order valence-corrected chi connectivity index (χ0v) is 38.1. The highest BCUT2D eigenvalue weighted by Gasteiger charge is 2.49. The van der Waals surface area contributed by atoms with Crippen molar-refractivity contribution in [3.8, 4) is 67.9 Å². The molecule has 0 amide bonds. The van der Waals surface area contributed by atoms with Gasteiger partial charge in [-0.05, 0) is 106 Å². The average Bonchev–Trinajstić information content (AvgIpc) is 3.36. The first-order valence-corrected chi connectivity index (χ1v) is 25.8. The lowest BCUT2D eigenvalue weighted by Gasteiger charge is -2.33. The van der Waals surface area contributed by atoms with Crippen molar-refractivity contribution in [2.45, 2.75) is 0 Å². The molecule has 10 rings (SSSR count). The maximum absolute atomic E-state index is 7.08. The molecule has 0 unspecified atom stereocenters. The monoisotopic (exact) mass is 921 g/mol. The number of hydrogen-bond donors (Lipinski definition) is 0. The summed E-state index contributed by atoms with van der Waals surface area (Å²) in [4.78, 5) is 0. The summed E-state index contributed by atoms with van der Waals surface area (Å²) in [6, 6.07) is 81.4. The van der Waals surface area contributed by atoms with Gasteiger partial charge in [0.2, 0.25) is 0 Å². The molecule has 0 N–H and O–H groups in total. The van der Waals surface area contributed by atoms with Crippen LogP contribution in [0.4, 0.5) is 0 Å². The molecule has 0 bridgehead atoms. The lowest BCUT2D eigenvalue weighted by atomic mass is 10.1. The first-order chi connectivity index (χ1) is 32.5. The molecule has 324 valence electrons. The van der Waals surface area contributed by atoms with Gasteiger partial charge in [-0.1, -0.05) is 196 Å². The summed E-state index contributed by atoms with van der Waals surface area (Å²) >= 11 is 0. The van der Waals surface area contributed by atoms with Gasteiger partial charge in [-0.3, -0.25) is 0 Å². The molecule has 0 saturated carbocycles. The van der Waals surface area contributed by atoms with Crippen LogP contribution in [0.3, 0.4) is 0 Å². The highest BCUT2D eigenvalue weighted by molar-refractivity contribution is 7.79. The minimum atomic E-state index is -4.07. The third-order valence-corrected chi connectivity index (χ3v) is 18.3. The van der Waals surface area contributed by atoms with Crippen molar-refractivity contribution in [3.05, 3.63) is 255 Å². The van der Waals surface area contributed by atoms with E-state index in [-0.39, 0.29) is 0 Å². The lowest BCUT2D eigenvalue weighted by Crippen LogP contribution is -2.11. The van der Waals surface area contributed by atoms with E-state index in [1.807, 2.05) is 218 Å². The van der Waals surface area contributed by atoms with Crippen LogP contribution in [-0.2, 0) is 0 Å². The van der Waals surface area contributed by atoms with Gasteiger partial charge < -0.3 is 27.1 Å². The van der Waals surface area contributed by atoms with Crippen LogP contribution < -0.4 is 27.1 Å². The summed E-state index contributed by atoms with van der Waals surface area (Å²) in [5.74, 6) is 2.62. The minimum absolute atomic E-state index is 0.434. The van der Waals surface area contributed by atoms with Crippen LogP contribution >= 0.6 is 23.0 Å². The molecule has 0 saturated heterocycles. The number of nitrogens with zero attached hydrogens (tertiary/aromatic N) is 3. The second kappa shape index (κ2) is 19.3. The van der Waals surface area contributed by atoms with Crippen LogP contribution in [0.15, 0.2) is 268 Å². The van der Waals surface area contributed by atoms with Crippen LogP contribution in [0, 0.1) is 0 Å². The minimum Gasteiger partial charge on any atom is -0.413 e. The van der Waals surface area contributed by atoms with Gasteiger partial charge in [0.25, 0.3) is 0 Å².